The summed E-state index contributed by atoms with van der Waals surface area (Å²) < 4.78 is 0.856. The maximum absolute atomic E-state index is 12.1. The Bertz CT molecular complexity index is 533. The van der Waals surface area contributed by atoms with E-state index in [1.165, 1.54) is 4.90 Å². The number of amides is 2. The molecule has 2 amide bonds. The molecular weight excluding hydrogens is 310 g/mol. The summed E-state index contributed by atoms with van der Waals surface area (Å²) in [7, 11) is 1.71. The number of hydrogen-bond donors (Lipinski definition) is 1. The fourth-order valence-corrected chi connectivity index (χ4v) is 2.38. The summed E-state index contributed by atoms with van der Waals surface area (Å²) in [5.74, 6) is -0.332. The van der Waals surface area contributed by atoms with Crippen LogP contribution in [-0.2, 0) is 9.59 Å². The van der Waals surface area contributed by atoms with Crippen molar-refractivity contribution in [2.45, 2.75) is 13.0 Å². The Morgan fingerprint density at radius 1 is 1.53 bits per heavy atom. The lowest BCUT2D eigenvalue weighted by atomic mass is 10.1. The predicted octanol–water partition coefficient (Wildman–Crippen LogP) is 1.27. The second-order valence-corrected chi connectivity index (χ2v) is 5.43. The highest BCUT2D eigenvalue weighted by atomic mass is 79.9. The van der Waals surface area contributed by atoms with Gasteiger partial charge in [0, 0.05) is 23.6 Å². The molecule has 1 unspecified atom stereocenters. The van der Waals surface area contributed by atoms with Crippen LogP contribution in [0.3, 0.4) is 0 Å². The summed E-state index contributed by atoms with van der Waals surface area (Å²) in [6.45, 7) is 2.53. The van der Waals surface area contributed by atoms with Gasteiger partial charge in [-0.2, -0.15) is 0 Å². The average molecular weight is 326 g/mol. The Labute approximate surface area is 120 Å². The van der Waals surface area contributed by atoms with Crippen molar-refractivity contribution in [3.05, 3.63) is 28.2 Å². The number of carbonyl (C=O) groups excluding carboxylic acids is 2. The summed E-state index contributed by atoms with van der Waals surface area (Å²) in [4.78, 5) is 27.1. The first-order valence-corrected chi connectivity index (χ1v) is 6.85. The maximum atomic E-state index is 12.1. The molecule has 5 nitrogen and oxygen atoms in total. The molecule has 0 spiro atoms. The van der Waals surface area contributed by atoms with E-state index in [4.69, 9.17) is 5.73 Å². The zero-order chi connectivity index (χ0) is 14.2. The molecule has 0 bridgehead atoms. The number of fused-ring (bicyclic) bond motifs is 1. The first-order chi connectivity index (χ1) is 8.95. The number of nitrogens with two attached hydrogens (primary N) is 1. The van der Waals surface area contributed by atoms with Crippen molar-refractivity contribution in [2.75, 3.05) is 25.0 Å². The maximum Gasteiger partial charge on any atom is 0.249 e. The number of hydrogen-bond acceptors (Lipinski definition) is 3. The lowest BCUT2D eigenvalue weighted by molar-refractivity contribution is -0.130. The fourth-order valence-electron chi connectivity index (χ4n) is 2.03. The molecule has 1 atom stereocenters. The van der Waals surface area contributed by atoms with Crippen molar-refractivity contribution in [3.63, 3.8) is 0 Å². The SMILES string of the molecule is CCN(C)C(=O)CN1C(=O)C(N)c2ccc(Br)cc21. The zero-order valence-corrected chi connectivity index (χ0v) is 12.5. The summed E-state index contributed by atoms with van der Waals surface area (Å²) in [6.07, 6.45) is 0. The molecule has 1 aromatic carbocycles. The second kappa shape index (κ2) is 5.30. The van der Waals surface area contributed by atoms with Gasteiger partial charge in [-0.3, -0.25) is 9.59 Å². The number of carbonyl (C=O) groups is 2. The molecule has 19 heavy (non-hydrogen) atoms. The number of likely N-dealkylation sites (N-methyl/N-ethyl adjacent to an activating group) is 1. The molecule has 0 radical (unpaired) electrons. The fraction of sp³-hybridized carbons (Fsp3) is 0.385. The minimum absolute atomic E-state index is 0.0281. The van der Waals surface area contributed by atoms with Crippen LogP contribution in [0.2, 0.25) is 0 Å². The van der Waals surface area contributed by atoms with E-state index in [0.717, 1.165) is 10.0 Å². The lowest BCUT2D eigenvalue weighted by Crippen LogP contribution is -2.41. The molecule has 102 valence electrons. The van der Waals surface area contributed by atoms with Crippen LogP contribution in [0.5, 0.6) is 0 Å². The Balaban J connectivity index is 2.30. The Hall–Kier alpha value is -1.40. The van der Waals surface area contributed by atoms with Crippen LogP contribution in [0.4, 0.5) is 5.69 Å². The topological polar surface area (TPSA) is 66.6 Å². The van der Waals surface area contributed by atoms with Crippen molar-refractivity contribution in [3.8, 4) is 0 Å². The van der Waals surface area contributed by atoms with E-state index in [-0.39, 0.29) is 18.4 Å². The molecule has 1 heterocycles. The standard InChI is InChI=1S/C13H16BrN3O2/c1-3-16(2)11(18)7-17-10-6-8(14)4-5-9(10)12(15)13(17)19/h4-6,12H,3,7,15H2,1-2H3. The highest BCUT2D eigenvalue weighted by molar-refractivity contribution is 9.10. The smallest absolute Gasteiger partial charge is 0.249 e. The van der Waals surface area contributed by atoms with Gasteiger partial charge in [-0.1, -0.05) is 22.0 Å². The van der Waals surface area contributed by atoms with Gasteiger partial charge in [0.15, 0.2) is 0 Å². The van der Waals surface area contributed by atoms with Gasteiger partial charge >= 0.3 is 0 Å². The van der Waals surface area contributed by atoms with Crippen molar-refractivity contribution in [1.82, 2.24) is 4.90 Å². The van der Waals surface area contributed by atoms with E-state index in [1.54, 1.807) is 11.9 Å². The second-order valence-electron chi connectivity index (χ2n) is 4.51. The summed E-state index contributed by atoms with van der Waals surface area (Å²) in [5.41, 5.74) is 7.36. The van der Waals surface area contributed by atoms with Crippen molar-refractivity contribution < 1.29 is 9.59 Å². The summed E-state index contributed by atoms with van der Waals surface area (Å²) >= 11 is 3.37. The number of anilines is 1. The third-order valence-corrected chi connectivity index (χ3v) is 3.84. The van der Waals surface area contributed by atoms with E-state index in [9.17, 15) is 9.59 Å². The number of rotatable bonds is 3. The van der Waals surface area contributed by atoms with Gasteiger partial charge in [0.2, 0.25) is 11.8 Å². The molecule has 0 aliphatic carbocycles. The monoisotopic (exact) mass is 325 g/mol. The van der Waals surface area contributed by atoms with Crippen LogP contribution < -0.4 is 10.6 Å². The molecule has 0 saturated heterocycles. The first-order valence-electron chi connectivity index (χ1n) is 6.06. The zero-order valence-electron chi connectivity index (χ0n) is 10.9. The van der Waals surface area contributed by atoms with Gasteiger partial charge in [-0.25, -0.2) is 0 Å². The van der Waals surface area contributed by atoms with E-state index >= 15 is 0 Å². The minimum atomic E-state index is -0.678. The van der Waals surface area contributed by atoms with Gasteiger partial charge < -0.3 is 15.5 Å². The molecule has 2 N–H and O–H groups in total. The van der Waals surface area contributed by atoms with Crippen LogP contribution in [0.15, 0.2) is 22.7 Å². The molecule has 6 heteroatoms. The van der Waals surface area contributed by atoms with Crippen LogP contribution in [0.25, 0.3) is 0 Å². The molecule has 0 saturated carbocycles. The third-order valence-electron chi connectivity index (χ3n) is 3.34. The van der Waals surface area contributed by atoms with Gasteiger partial charge in [-0.05, 0) is 19.1 Å². The van der Waals surface area contributed by atoms with Crippen molar-refractivity contribution in [2.24, 2.45) is 5.73 Å². The molecule has 1 aromatic rings. The molecule has 1 aliphatic heterocycles. The van der Waals surface area contributed by atoms with Crippen LogP contribution in [0, 0.1) is 0 Å². The van der Waals surface area contributed by atoms with E-state index < -0.39 is 6.04 Å². The van der Waals surface area contributed by atoms with Crippen molar-refractivity contribution >= 4 is 33.4 Å². The largest absolute Gasteiger partial charge is 0.344 e. The highest BCUT2D eigenvalue weighted by Gasteiger charge is 2.36. The molecule has 0 fully saturated rings. The average Bonchev–Trinajstić information content (AvgIpc) is 2.62. The molecule has 1 aliphatic rings. The third kappa shape index (κ3) is 2.50. The van der Waals surface area contributed by atoms with Gasteiger partial charge in [0.05, 0.1) is 5.69 Å². The molecule has 0 aromatic heterocycles. The van der Waals surface area contributed by atoms with Crippen molar-refractivity contribution in [1.29, 1.82) is 0 Å². The lowest BCUT2D eigenvalue weighted by Gasteiger charge is -2.21. The van der Waals surface area contributed by atoms with Crippen LogP contribution in [0.1, 0.15) is 18.5 Å². The van der Waals surface area contributed by atoms with Gasteiger partial charge in [-0.15, -0.1) is 0 Å². The van der Waals surface area contributed by atoms with Crippen LogP contribution >= 0.6 is 15.9 Å². The van der Waals surface area contributed by atoms with Gasteiger partial charge in [0.1, 0.15) is 12.6 Å². The molecular formula is C13H16BrN3O2. The predicted molar refractivity (Wildman–Crippen MR) is 76.7 cm³/mol. The van der Waals surface area contributed by atoms with E-state index in [0.29, 0.717) is 12.2 Å². The van der Waals surface area contributed by atoms with Crippen LogP contribution in [-0.4, -0.2) is 36.9 Å². The quantitative estimate of drug-likeness (QED) is 0.910. The highest BCUT2D eigenvalue weighted by Crippen LogP contribution is 2.36. The Kier molecular flexibility index (Phi) is 3.91. The number of halogens is 1. The first kappa shape index (κ1) is 14.0. The Morgan fingerprint density at radius 3 is 2.84 bits per heavy atom. The molecule has 2 rings (SSSR count). The minimum Gasteiger partial charge on any atom is -0.344 e. The number of nitrogens with zero attached hydrogens (tertiary/aromatic N) is 2. The van der Waals surface area contributed by atoms with E-state index in [1.807, 2.05) is 25.1 Å². The normalized spacial score (nSPS) is 17.6. The Morgan fingerprint density at radius 2 is 2.21 bits per heavy atom. The summed E-state index contributed by atoms with van der Waals surface area (Å²) in [5, 5.41) is 0. The number of benzene rings is 1. The van der Waals surface area contributed by atoms with E-state index in [2.05, 4.69) is 15.9 Å². The van der Waals surface area contributed by atoms with Gasteiger partial charge in [0.25, 0.3) is 0 Å². The summed E-state index contributed by atoms with van der Waals surface area (Å²) in [6, 6.07) is 4.80.